The minimum absolute atomic E-state index is 0.103. The number of carbonyl (C=O) groups excluding carboxylic acids is 1. The number of carboxylic acid groups (broad SMARTS) is 1. The van der Waals surface area contributed by atoms with Crippen molar-refractivity contribution in [1.29, 1.82) is 0 Å². The number of rotatable bonds is 8. The number of likely N-dealkylation sites (N-methyl/N-ethyl adjacent to an activating group) is 1. The van der Waals surface area contributed by atoms with Gasteiger partial charge in [-0.05, 0) is 46.1 Å². The van der Waals surface area contributed by atoms with E-state index in [-0.39, 0.29) is 5.91 Å². The number of carboxylic acids is 1. The van der Waals surface area contributed by atoms with Gasteiger partial charge in [-0.25, -0.2) is 4.79 Å². The van der Waals surface area contributed by atoms with E-state index >= 15 is 0 Å². The lowest BCUT2D eigenvalue weighted by molar-refractivity contribution is -0.156. The molecule has 0 rings (SSSR count). The molecule has 1 atom stereocenters. The number of aliphatic carboxylic acids is 1. The monoisotopic (exact) mass is 258 g/mol. The van der Waals surface area contributed by atoms with Gasteiger partial charge in [0, 0.05) is 13.0 Å². The molecule has 1 amide bonds. The van der Waals surface area contributed by atoms with Crippen molar-refractivity contribution in [3.05, 3.63) is 0 Å². The molecule has 0 aliphatic heterocycles. The molecule has 0 saturated carbocycles. The zero-order valence-electron chi connectivity index (χ0n) is 11.9. The van der Waals surface area contributed by atoms with Crippen LogP contribution in [0.1, 0.15) is 47.0 Å². The molecule has 1 unspecified atom stereocenters. The molecule has 0 spiro atoms. The second-order valence-electron chi connectivity index (χ2n) is 5.22. The van der Waals surface area contributed by atoms with Gasteiger partial charge in [-0.3, -0.25) is 4.79 Å². The fourth-order valence-electron chi connectivity index (χ4n) is 1.93. The molecule has 5 heteroatoms. The summed E-state index contributed by atoms with van der Waals surface area (Å²) in [6, 6.07) is 0. The molecule has 5 nitrogen and oxygen atoms in total. The molecule has 0 aromatic carbocycles. The normalized spacial score (nSPS) is 13.2. The first-order valence-electron chi connectivity index (χ1n) is 6.51. The quantitative estimate of drug-likeness (QED) is 0.690. The summed E-state index contributed by atoms with van der Waals surface area (Å²) in [7, 11) is 0. The number of nitrogens with two attached hydrogens (primary N) is 1. The average molecular weight is 258 g/mol. The summed E-state index contributed by atoms with van der Waals surface area (Å²) in [6.45, 7) is 7.99. The summed E-state index contributed by atoms with van der Waals surface area (Å²) >= 11 is 0. The first-order chi connectivity index (χ1) is 8.27. The van der Waals surface area contributed by atoms with Crippen LogP contribution >= 0.6 is 0 Å². The van der Waals surface area contributed by atoms with E-state index in [0.717, 1.165) is 12.8 Å². The van der Waals surface area contributed by atoms with Crippen molar-refractivity contribution in [2.45, 2.75) is 52.5 Å². The van der Waals surface area contributed by atoms with Gasteiger partial charge in [0.05, 0.1) is 0 Å². The Hall–Kier alpha value is -1.10. The van der Waals surface area contributed by atoms with Crippen molar-refractivity contribution < 1.29 is 14.7 Å². The molecule has 0 aliphatic rings. The average Bonchev–Trinajstić information content (AvgIpc) is 2.27. The van der Waals surface area contributed by atoms with Gasteiger partial charge in [-0.15, -0.1) is 0 Å². The fourth-order valence-corrected chi connectivity index (χ4v) is 1.93. The summed E-state index contributed by atoms with van der Waals surface area (Å²) in [4.78, 5) is 24.6. The molecule has 0 fully saturated rings. The summed E-state index contributed by atoms with van der Waals surface area (Å²) in [5.74, 6) is -0.688. The Bertz CT molecular complexity index is 290. The van der Waals surface area contributed by atoms with Crippen LogP contribution in [-0.2, 0) is 9.59 Å². The Kier molecular flexibility index (Phi) is 6.91. The highest BCUT2D eigenvalue weighted by Crippen LogP contribution is 2.18. The highest BCUT2D eigenvalue weighted by atomic mass is 16.4. The first-order valence-corrected chi connectivity index (χ1v) is 6.51. The minimum Gasteiger partial charge on any atom is -0.480 e. The predicted molar refractivity (Wildman–Crippen MR) is 71.2 cm³/mol. The maximum absolute atomic E-state index is 12.1. The molecule has 0 aliphatic carbocycles. The molecule has 0 radical (unpaired) electrons. The standard InChI is InChI=1S/C13H26N2O3/c1-5-15(13(3,4)12(17)18)11(16)7-6-10(2)8-9-14/h10H,5-9,14H2,1-4H3,(H,17,18). The number of nitrogens with zero attached hydrogens (tertiary/aromatic N) is 1. The maximum Gasteiger partial charge on any atom is 0.329 e. The van der Waals surface area contributed by atoms with Crippen LogP contribution in [0.5, 0.6) is 0 Å². The molecule has 3 N–H and O–H groups in total. The van der Waals surface area contributed by atoms with E-state index in [4.69, 9.17) is 10.8 Å². The largest absolute Gasteiger partial charge is 0.480 e. The maximum atomic E-state index is 12.1. The van der Waals surface area contributed by atoms with Gasteiger partial charge in [0.1, 0.15) is 5.54 Å². The predicted octanol–water partition coefficient (Wildman–Crippen LogP) is 1.46. The number of hydrogen-bond acceptors (Lipinski definition) is 3. The second-order valence-corrected chi connectivity index (χ2v) is 5.22. The van der Waals surface area contributed by atoms with Gasteiger partial charge in [-0.1, -0.05) is 6.92 Å². The Morgan fingerprint density at radius 1 is 1.33 bits per heavy atom. The van der Waals surface area contributed by atoms with E-state index < -0.39 is 11.5 Å². The van der Waals surface area contributed by atoms with Crippen molar-refractivity contribution in [2.75, 3.05) is 13.1 Å². The fraction of sp³-hybridized carbons (Fsp3) is 0.846. The van der Waals surface area contributed by atoms with Crippen LogP contribution in [0.4, 0.5) is 0 Å². The van der Waals surface area contributed by atoms with Crippen LogP contribution in [-0.4, -0.2) is 40.5 Å². The molecule has 0 aromatic heterocycles. The van der Waals surface area contributed by atoms with E-state index in [0.29, 0.717) is 25.4 Å². The Balaban J connectivity index is 4.50. The van der Waals surface area contributed by atoms with Crippen LogP contribution < -0.4 is 5.73 Å². The highest BCUT2D eigenvalue weighted by Gasteiger charge is 2.36. The molecule has 0 bridgehead atoms. The van der Waals surface area contributed by atoms with E-state index in [1.807, 2.05) is 0 Å². The number of amides is 1. The molecule has 0 aromatic rings. The lowest BCUT2D eigenvalue weighted by Crippen LogP contribution is -2.52. The third-order valence-electron chi connectivity index (χ3n) is 3.33. The number of carbonyl (C=O) groups is 2. The summed E-state index contributed by atoms with van der Waals surface area (Å²) in [5, 5.41) is 9.14. The van der Waals surface area contributed by atoms with Gasteiger partial charge < -0.3 is 15.7 Å². The van der Waals surface area contributed by atoms with Crippen LogP contribution in [0.25, 0.3) is 0 Å². The Morgan fingerprint density at radius 3 is 2.28 bits per heavy atom. The zero-order valence-corrected chi connectivity index (χ0v) is 11.9. The van der Waals surface area contributed by atoms with E-state index in [9.17, 15) is 9.59 Å². The summed E-state index contributed by atoms with van der Waals surface area (Å²) < 4.78 is 0. The van der Waals surface area contributed by atoms with Crippen LogP contribution in [0, 0.1) is 5.92 Å². The third-order valence-corrected chi connectivity index (χ3v) is 3.33. The van der Waals surface area contributed by atoms with Gasteiger partial charge in [-0.2, -0.15) is 0 Å². The molecule has 106 valence electrons. The Morgan fingerprint density at radius 2 is 1.89 bits per heavy atom. The topological polar surface area (TPSA) is 83.6 Å². The van der Waals surface area contributed by atoms with Gasteiger partial charge in [0.2, 0.25) is 5.91 Å². The zero-order chi connectivity index (χ0) is 14.3. The van der Waals surface area contributed by atoms with Gasteiger partial charge in [0.15, 0.2) is 0 Å². The molecular formula is C13H26N2O3. The van der Waals surface area contributed by atoms with Crippen molar-refractivity contribution >= 4 is 11.9 Å². The Labute approximate surface area is 109 Å². The van der Waals surface area contributed by atoms with Gasteiger partial charge >= 0.3 is 5.97 Å². The molecular weight excluding hydrogens is 232 g/mol. The highest BCUT2D eigenvalue weighted by molar-refractivity contribution is 5.86. The molecule has 18 heavy (non-hydrogen) atoms. The minimum atomic E-state index is -1.15. The second kappa shape index (κ2) is 7.36. The molecule has 0 saturated heterocycles. The summed E-state index contributed by atoms with van der Waals surface area (Å²) in [5.41, 5.74) is 4.31. The SMILES string of the molecule is CCN(C(=O)CCC(C)CCN)C(C)(C)C(=O)O. The third kappa shape index (κ3) is 4.64. The summed E-state index contributed by atoms with van der Waals surface area (Å²) in [6.07, 6.45) is 2.02. The molecule has 0 heterocycles. The smallest absolute Gasteiger partial charge is 0.329 e. The van der Waals surface area contributed by atoms with Crippen molar-refractivity contribution in [1.82, 2.24) is 4.90 Å². The van der Waals surface area contributed by atoms with Crippen LogP contribution in [0.2, 0.25) is 0 Å². The number of hydrogen-bond donors (Lipinski definition) is 2. The lowest BCUT2D eigenvalue weighted by atomic mass is 9.98. The van der Waals surface area contributed by atoms with E-state index in [1.54, 1.807) is 20.8 Å². The van der Waals surface area contributed by atoms with Crippen molar-refractivity contribution in [3.63, 3.8) is 0 Å². The van der Waals surface area contributed by atoms with Crippen LogP contribution in [0.3, 0.4) is 0 Å². The lowest BCUT2D eigenvalue weighted by Gasteiger charge is -2.34. The first kappa shape index (κ1) is 16.9. The van der Waals surface area contributed by atoms with Gasteiger partial charge in [0.25, 0.3) is 0 Å². The van der Waals surface area contributed by atoms with Crippen LogP contribution in [0.15, 0.2) is 0 Å². The van der Waals surface area contributed by atoms with E-state index in [1.165, 1.54) is 4.90 Å². The van der Waals surface area contributed by atoms with Crippen molar-refractivity contribution in [3.8, 4) is 0 Å². The van der Waals surface area contributed by atoms with E-state index in [2.05, 4.69) is 6.92 Å². The van der Waals surface area contributed by atoms with Crippen molar-refractivity contribution in [2.24, 2.45) is 11.7 Å².